The molecule has 3 nitrogen and oxygen atoms in total. The average Bonchev–Trinajstić information content (AvgIpc) is 2.85. The van der Waals surface area contributed by atoms with E-state index in [1.165, 1.54) is 12.8 Å². The van der Waals surface area contributed by atoms with E-state index in [0.717, 1.165) is 0 Å². The molecule has 0 bridgehead atoms. The fourth-order valence-electron chi connectivity index (χ4n) is 0.920. The number of hydrogen-bond donors (Lipinski definition) is 0. The molecule has 0 aliphatic heterocycles. The zero-order chi connectivity index (χ0) is 9.03. The maximum atomic E-state index is 11.7. The second-order valence-electron chi connectivity index (χ2n) is 3.08. The lowest BCUT2D eigenvalue weighted by Crippen LogP contribution is -2.00. The first-order valence-corrected chi connectivity index (χ1v) is 6.31. The summed E-state index contributed by atoms with van der Waals surface area (Å²) in [6.07, 6.45) is 2.92. The molecule has 12 heavy (non-hydrogen) atoms. The van der Waals surface area contributed by atoms with Crippen molar-refractivity contribution < 1.29 is 13.6 Å². The summed E-state index contributed by atoms with van der Waals surface area (Å²) in [5.41, 5.74) is 0. The van der Waals surface area contributed by atoms with Crippen LogP contribution < -0.4 is 0 Å². The monoisotopic (exact) mass is 192 g/mol. The van der Waals surface area contributed by atoms with Gasteiger partial charge in [0.2, 0.25) is 0 Å². The quantitative estimate of drug-likeness (QED) is 0.607. The molecular weight excluding hydrogens is 175 g/mol. The van der Waals surface area contributed by atoms with Gasteiger partial charge in [-0.05, 0) is 25.7 Å². The summed E-state index contributed by atoms with van der Waals surface area (Å²) in [5.74, 6) is 0.644. The molecule has 0 heterocycles. The summed E-state index contributed by atoms with van der Waals surface area (Å²) < 4.78 is 22.0. The van der Waals surface area contributed by atoms with E-state index in [0.29, 0.717) is 25.3 Å². The Morgan fingerprint density at radius 3 is 2.42 bits per heavy atom. The molecule has 1 aliphatic rings. The molecule has 0 radical (unpaired) electrons. The molecule has 4 heteroatoms. The van der Waals surface area contributed by atoms with Crippen LogP contribution in [0.5, 0.6) is 0 Å². The predicted octanol–water partition coefficient (Wildman–Crippen LogP) is 2.66. The summed E-state index contributed by atoms with van der Waals surface area (Å²) >= 11 is 0. The Hall–Kier alpha value is 0.150. The zero-order valence-electron chi connectivity index (χ0n) is 7.78. The zero-order valence-corrected chi connectivity index (χ0v) is 8.68. The van der Waals surface area contributed by atoms with E-state index >= 15 is 0 Å². The van der Waals surface area contributed by atoms with E-state index in [-0.39, 0.29) is 0 Å². The van der Waals surface area contributed by atoms with E-state index in [9.17, 15) is 4.57 Å². The van der Waals surface area contributed by atoms with Crippen LogP contribution in [0.2, 0.25) is 0 Å². The van der Waals surface area contributed by atoms with Crippen molar-refractivity contribution in [2.75, 3.05) is 19.4 Å². The Morgan fingerprint density at radius 2 is 2.00 bits per heavy atom. The van der Waals surface area contributed by atoms with Gasteiger partial charge >= 0.3 is 7.60 Å². The Bertz CT molecular complexity index is 177. The van der Waals surface area contributed by atoms with E-state index in [2.05, 4.69) is 0 Å². The van der Waals surface area contributed by atoms with Crippen LogP contribution >= 0.6 is 7.60 Å². The van der Waals surface area contributed by atoms with Crippen LogP contribution in [0.15, 0.2) is 0 Å². The summed E-state index contributed by atoms with van der Waals surface area (Å²) in [7, 11) is -2.71. The fraction of sp³-hybridized carbons (Fsp3) is 1.00. The highest BCUT2D eigenvalue weighted by atomic mass is 31.2. The van der Waals surface area contributed by atoms with Gasteiger partial charge < -0.3 is 9.05 Å². The van der Waals surface area contributed by atoms with Gasteiger partial charge in [0.1, 0.15) is 0 Å². The fourth-order valence-corrected chi connectivity index (χ4v) is 2.19. The standard InChI is InChI=1S/C8H17O3P/c1-3-10-12(9,4-2)11-7-8-5-6-8/h8H,3-7H2,1-2H3. The van der Waals surface area contributed by atoms with Gasteiger partial charge in [0.05, 0.1) is 13.2 Å². The van der Waals surface area contributed by atoms with E-state index in [1.807, 2.05) is 13.8 Å². The molecule has 72 valence electrons. The minimum absolute atomic E-state index is 0.468. The molecule has 1 fully saturated rings. The third-order valence-corrected chi connectivity index (χ3v) is 3.89. The largest absolute Gasteiger partial charge is 0.330 e. The van der Waals surface area contributed by atoms with Crippen LogP contribution in [-0.2, 0) is 13.6 Å². The first-order chi connectivity index (χ1) is 5.70. The van der Waals surface area contributed by atoms with E-state index in [4.69, 9.17) is 9.05 Å². The summed E-state index contributed by atoms with van der Waals surface area (Å²) in [6, 6.07) is 0. The minimum atomic E-state index is -2.71. The highest BCUT2D eigenvalue weighted by Crippen LogP contribution is 2.49. The molecule has 1 unspecified atom stereocenters. The van der Waals surface area contributed by atoms with Crippen LogP contribution in [0.1, 0.15) is 26.7 Å². The molecule has 0 aromatic carbocycles. The van der Waals surface area contributed by atoms with Gasteiger partial charge in [-0.2, -0.15) is 0 Å². The highest BCUT2D eigenvalue weighted by Gasteiger charge is 2.27. The molecule has 0 spiro atoms. The van der Waals surface area contributed by atoms with Gasteiger partial charge in [-0.3, -0.25) is 4.57 Å². The molecule has 1 aliphatic carbocycles. The van der Waals surface area contributed by atoms with Crippen molar-refractivity contribution in [1.82, 2.24) is 0 Å². The molecule has 0 aromatic rings. The Balaban J connectivity index is 2.25. The molecule has 0 N–H and O–H groups in total. The average molecular weight is 192 g/mol. The van der Waals surface area contributed by atoms with Crippen molar-refractivity contribution in [2.45, 2.75) is 26.7 Å². The summed E-state index contributed by atoms with van der Waals surface area (Å²) in [4.78, 5) is 0. The summed E-state index contributed by atoms with van der Waals surface area (Å²) in [5, 5.41) is 0. The van der Waals surface area contributed by atoms with Crippen molar-refractivity contribution in [2.24, 2.45) is 5.92 Å². The van der Waals surface area contributed by atoms with Crippen LogP contribution in [0.4, 0.5) is 0 Å². The van der Waals surface area contributed by atoms with Crippen molar-refractivity contribution in [3.8, 4) is 0 Å². The third kappa shape index (κ3) is 3.26. The van der Waals surface area contributed by atoms with Crippen LogP contribution in [0, 0.1) is 5.92 Å². The van der Waals surface area contributed by atoms with Gasteiger partial charge in [-0.25, -0.2) is 0 Å². The number of rotatable bonds is 6. The van der Waals surface area contributed by atoms with Crippen molar-refractivity contribution in [1.29, 1.82) is 0 Å². The normalized spacial score (nSPS) is 22.2. The lowest BCUT2D eigenvalue weighted by Gasteiger charge is -2.15. The Kier molecular flexibility index (Phi) is 3.76. The second kappa shape index (κ2) is 4.40. The number of hydrogen-bond acceptors (Lipinski definition) is 3. The molecule has 0 amide bonds. The summed E-state index contributed by atoms with van der Waals surface area (Å²) in [6.45, 7) is 4.76. The molecule has 1 saturated carbocycles. The van der Waals surface area contributed by atoms with Crippen molar-refractivity contribution in [3.05, 3.63) is 0 Å². The Morgan fingerprint density at radius 1 is 1.33 bits per heavy atom. The molecule has 1 rings (SSSR count). The predicted molar refractivity (Wildman–Crippen MR) is 48.4 cm³/mol. The van der Waals surface area contributed by atoms with Gasteiger partial charge in [0, 0.05) is 6.16 Å². The molecular formula is C8H17O3P. The third-order valence-electron chi connectivity index (χ3n) is 1.92. The highest BCUT2D eigenvalue weighted by molar-refractivity contribution is 7.53. The van der Waals surface area contributed by atoms with Gasteiger partial charge in [-0.15, -0.1) is 0 Å². The van der Waals surface area contributed by atoms with Crippen molar-refractivity contribution >= 4 is 7.60 Å². The topological polar surface area (TPSA) is 35.5 Å². The van der Waals surface area contributed by atoms with Crippen LogP contribution in [-0.4, -0.2) is 19.4 Å². The smallest absolute Gasteiger partial charge is 0.309 e. The lowest BCUT2D eigenvalue weighted by molar-refractivity contribution is 0.206. The van der Waals surface area contributed by atoms with Gasteiger partial charge in [-0.1, -0.05) is 6.92 Å². The van der Waals surface area contributed by atoms with E-state index < -0.39 is 7.60 Å². The first kappa shape index (κ1) is 10.2. The van der Waals surface area contributed by atoms with Crippen molar-refractivity contribution in [3.63, 3.8) is 0 Å². The van der Waals surface area contributed by atoms with Gasteiger partial charge in [0.25, 0.3) is 0 Å². The van der Waals surface area contributed by atoms with Crippen LogP contribution in [0.25, 0.3) is 0 Å². The second-order valence-corrected chi connectivity index (χ2v) is 5.45. The lowest BCUT2D eigenvalue weighted by atomic mass is 10.5. The molecule has 0 saturated heterocycles. The maximum absolute atomic E-state index is 11.7. The molecule has 0 aromatic heterocycles. The first-order valence-electron chi connectivity index (χ1n) is 4.58. The molecule has 1 atom stereocenters. The SMILES string of the molecule is CCOP(=O)(CC)OCC1CC1. The van der Waals surface area contributed by atoms with E-state index in [1.54, 1.807) is 0 Å². The minimum Gasteiger partial charge on any atom is -0.309 e. The van der Waals surface area contributed by atoms with Crippen LogP contribution in [0.3, 0.4) is 0 Å². The maximum Gasteiger partial charge on any atom is 0.330 e. The Labute approximate surface area is 74.0 Å². The van der Waals surface area contributed by atoms with Gasteiger partial charge in [0.15, 0.2) is 0 Å².